The molecule has 1 aromatic heterocycles. The minimum Gasteiger partial charge on any atom is -0.306 e. The van der Waals surface area contributed by atoms with Gasteiger partial charge in [-0.2, -0.15) is 5.10 Å². The van der Waals surface area contributed by atoms with Crippen molar-refractivity contribution in [1.82, 2.24) is 15.5 Å². The van der Waals surface area contributed by atoms with E-state index in [1.54, 1.807) is 6.20 Å². The summed E-state index contributed by atoms with van der Waals surface area (Å²) in [6, 6.07) is 5.72. The van der Waals surface area contributed by atoms with E-state index in [9.17, 15) is 0 Å². The number of halogens is 2. The SMILES string of the molecule is CC(NCc1c(Cl)cccc1Cl)c1cn[nH]c1. The molecule has 0 saturated carbocycles. The molecule has 0 aliphatic carbocycles. The molecule has 0 spiro atoms. The number of aromatic amines is 1. The van der Waals surface area contributed by atoms with Gasteiger partial charge in [-0.05, 0) is 19.1 Å². The highest BCUT2D eigenvalue weighted by Crippen LogP contribution is 2.24. The van der Waals surface area contributed by atoms with E-state index < -0.39 is 0 Å². The van der Waals surface area contributed by atoms with Gasteiger partial charge in [0.25, 0.3) is 0 Å². The van der Waals surface area contributed by atoms with Crippen molar-refractivity contribution < 1.29 is 0 Å². The number of hydrogen-bond acceptors (Lipinski definition) is 2. The van der Waals surface area contributed by atoms with E-state index in [0.717, 1.165) is 11.1 Å². The Kier molecular flexibility index (Phi) is 4.05. The van der Waals surface area contributed by atoms with Crippen LogP contribution >= 0.6 is 23.2 Å². The Balaban J connectivity index is 2.03. The molecule has 2 N–H and O–H groups in total. The van der Waals surface area contributed by atoms with Crippen LogP contribution in [0.4, 0.5) is 0 Å². The Bertz CT molecular complexity index is 462. The minimum absolute atomic E-state index is 0.195. The fourth-order valence-corrected chi connectivity index (χ4v) is 2.10. The van der Waals surface area contributed by atoms with Gasteiger partial charge >= 0.3 is 0 Å². The summed E-state index contributed by atoms with van der Waals surface area (Å²) in [5, 5.41) is 11.4. The van der Waals surface area contributed by atoms with Gasteiger partial charge in [0.15, 0.2) is 0 Å². The first-order valence-corrected chi connectivity index (χ1v) is 6.09. The van der Waals surface area contributed by atoms with Crippen LogP contribution < -0.4 is 5.32 Å². The van der Waals surface area contributed by atoms with Gasteiger partial charge in [0.2, 0.25) is 0 Å². The van der Waals surface area contributed by atoms with Crippen LogP contribution in [0.3, 0.4) is 0 Å². The number of aromatic nitrogens is 2. The molecule has 0 fully saturated rings. The molecule has 5 heteroatoms. The molecule has 17 heavy (non-hydrogen) atoms. The standard InChI is InChI=1S/C12H13Cl2N3/c1-8(9-5-16-17-6-9)15-7-10-11(13)3-2-4-12(10)14/h2-6,8,15H,7H2,1H3,(H,16,17). The van der Waals surface area contributed by atoms with Crippen LogP contribution in [-0.2, 0) is 6.54 Å². The third kappa shape index (κ3) is 3.00. The molecule has 0 saturated heterocycles. The molecule has 90 valence electrons. The van der Waals surface area contributed by atoms with Crippen LogP contribution in [0.5, 0.6) is 0 Å². The van der Waals surface area contributed by atoms with Gasteiger partial charge in [-0.25, -0.2) is 0 Å². The van der Waals surface area contributed by atoms with Crippen LogP contribution in [0.25, 0.3) is 0 Å². The van der Waals surface area contributed by atoms with Crippen molar-refractivity contribution in [3.05, 3.63) is 51.8 Å². The van der Waals surface area contributed by atoms with Crippen molar-refractivity contribution in [2.24, 2.45) is 0 Å². The summed E-state index contributed by atoms with van der Waals surface area (Å²) in [5.74, 6) is 0. The van der Waals surface area contributed by atoms with Gasteiger partial charge in [-0.15, -0.1) is 0 Å². The molecule has 2 aromatic rings. The number of H-pyrrole nitrogens is 1. The molecule has 1 aromatic carbocycles. The van der Waals surface area contributed by atoms with Crippen LogP contribution in [0.1, 0.15) is 24.1 Å². The molecule has 0 aliphatic rings. The number of nitrogens with zero attached hydrogens (tertiary/aromatic N) is 1. The highest BCUT2D eigenvalue weighted by molar-refractivity contribution is 6.35. The highest BCUT2D eigenvalue weighted by Gasteiger charge is 2.09. The zero-order valence-corrected chi connectivity index (χ0v) is 10.9. The zero-order chi connectivity index (χ0) is 12.3. The first-order valence-electron chi connectivity index (χ1n) is 5.33. The van der Waals surface area contributed by atoms with Gasteiger partial charge < -0.3 is 5.32 Å². The quantitative estimate of drug-likeness (QED) is 0.891. The summed E-state index contributed by atoms with van der Waals surface area (Å²) < 4.78 is 0. The maximum Gasteiger partial charge on any atom is 0.0534 e. The molecule has 0 aliphatic heterocycles. The Hall–Kier alpha value is -1.03. The molecule has 0 amide bonds. The normalized spacial score (nSPS) is 12.6. The fourth-order valence-electron chi connectivity index (χ4n) is 1.57. The molecule has 2 rings (SSSR count). The number of rotatable bonds is 4. The summed E-state index contributed by atoms with van der Waals surface area (Å²) in [6.45, 7) is 2.69. The minimum atomic E-state index is 0.195. The lowest BCUT2D eigenvalue weighted by molar-refractivity contribution is 0.575. The maximum atomic E-state index is 6.09. The average molecular weight is 270 g/mol. The van der Waals surface area contributed by atoms with E-state index in [1.165, 1.54) is 0 Å². The summed E-state index contributed by atoms with van der Waals surface area (Å²) in [6.07, 6.45) is 3.66. The molecule has 1 unspecified atom stereocenters. The molecule has 1 atom stereocenters. The first kappa shape index (κ1) is 12.4. The number of benzene rings is 1. The van der Waals surface area contributed by atoms with Crippen molar-refractivity contribution in [2.45, 2.75) is 19.5 Å². The van der Waals surface area contributed by atoms with E-state index >= 15 is 0 Å². The van der Waals surface area contributed by atoms with Gasteiger partial charge in [0, 0.05) is 40.0 Å². The second kappa shape index (κ2) is 5.54. The summed E-state index contributed by atoms with van der Waals surface area (Å²) in [4.78, 5) is 0. The van der Waals surface area contributed by atoms with E-state index in [2.05, 4.69) is 22.4 Å². The first-order chi connectivity index (χ1) is 8.18. The summed E-state index contributed by atoms with van der Waals surface area (Å²) >= 11 is 12.2. The molecular weight excluding hydrogens is 257 g/mol. The van der Waals surface area contributed by atoms with Crippen LogP contribution in [0, 0.1) is 0 Å². The van der Waals surface area contributed by atoms with Crippen LogP contribution in [-0.4, -0.2) is 10.2 Å². The zero-order valence-electron chi connectivity index (χ0n) is 9.37. The van der Waals surface area contributed by atoms with Crippen molar-refractivity contribution in [3.8, 4) is 0 Å². The van der Waals surface area contributed by atoms with Crippen LogP contribution in [0.2, 0.25) is 10.0 Å². The van der Waals surface area contributed by atoms with Crippen molar-refractivity contribution in [3.63, 3.8) is 0 Å². The smallest absolute Gasteiger partial charge is 0.0534 e. The molecule has 3 nitrogen and oxygen atoms in total. The Labute approximate surface area is 110 Å². The largest absolute Gasteiger partial charge is 0.306 e. The predicted molar refractivity (Wildman–Crippen MR) is 70.3 cm³/mol. The van der Waals surface area contributed by atoms with Gasteiger partial charge in [-0.1, -0.05) is 29.3 Å². The third-order valence-corrected chi connectivity index (χ3v) is 3.37. The van der Waals surface area contributed by atoms with Crippen molar-refractivity contribution in [1.29, 1.82) is 0 Å². The highest BCUT2D eigenvalue weighted by atomic mass is 35.5. The fraction of sp³-hybridized carbons (Fsp3) is 0.250. The average Bonchev–Trinajstić information content (AvgIpc) is 2.81. The third-order valence-electron chi connectivity index (χ3n) is 2.67. The lowest BCUT2D eigenvalue weighted by Gasteiger charge is -2.13. The Morgan fingerprint density at radius 2 is 2.06 bits per heavy atom. The van der Waals surface area contributed by atoms with Crippen molar-refractivity contribution >= 4 is 23.2 Å². The molecular formula is C12H13Cl2N3. The van der Waals surface area contributed by atoms with Gasteiger partial charge in [-0.3, -0.25) is 5.10 Å². The second-order valence-corrected chi connectivity index (χ2v) is 4.65. The molecule has 0 radical (unpaired) electrons. The lowest BCUT2D eigenvalue weighted by atomic mass is 10.1. The van der Waals surface area contributed by atoms with E-state index in [1.807, 2.05) is 24.4 Å². The second-order valence-electron chi connectivity index (χ2n) is 3.83. The van der Waals surface area contributed by atoms with E-state index in [-0.39, 0.29) is 6.04 Å². The monoisotopic (exact) mass is 269 g/mol. The Morgan fingerprint density at radius 1 is 1.35 bits per heavy atom. The topological polar surface area (TPSA) is 40.7 Å². The number of hydrogen-bond donors (Lipinski definition) is 2. The summed E-state index contributed by atoms with van der Waals surface area (Å²) in [7, 11) is 0. The maximum absolute atomic E-state index is 6.09. The van der Waals surface area contributed by atoms with Gasteiger partial charge in [0.05, 0.1) is 6.20 Å². The molecule has 0 bridgehead atoms. The summed E-state index contributed by atoms with van der Waals surface area (Å²) in [5.41, 5.74) is 2.03. The van der Waals surface area contributed by atoms with E-state index in [4.69, 9.17) is 23.2 Å². The predicted octanol–water partition coefficient (Wildman–Crippen LogP) is 3.57. The molecule has 1 heterocycles. The number of nitrogens with one attached hydrogen (secondary N) is 2. The lowest BCUT2D eigenvalue weighted by Crippen LogP contribution is -2.18. The van der Waals surface area contributed by atoms with Gasteiger partial charge in [0.1, 0.15) is 0 Å². The van der Waals surface area contributed by atoms with Crippen LogP contribution in [0.15, 0.2) is 30.6 Å². The van der Waals surface area contributed by atoms with Crippen molar-refractivity contribution in [2.75, 3.05) is 0 Å². The van der Waals surface area contributed by atoms with E-state index in [0.29, 0.717) is 16.6 Å². The Morgan fingerprint density at radius 3 is 2.65 bits per heavy atom.